The molecule has 2 heterocycles. The molecule has 0 aliphatic heterocycles. The molecule has 0 aliphatic rings. The van der Waals surface area contributed by atoms with Gasteiger partial charge < -0.3 is 21.8 Å². The Morgan fingerprint density at radius 2 is 2.30 bits per heavy atom. The van der Waals surface area contributed by atoms with E-state index in [9.17, 15) is 0 Å². The molecular formula is C12H19N7S. The van der Waals surface area contributed by atoms with Gasteiger partial charge in [-0.2, -0.15) is 4.99 Å². The van der Waals surface area contributed by atoms with Crippen molar-refractivity contribution in [3.8, 4) is 11.4 Å². The average molecular weight is 293 g/mol. The fourth-order valence-corrected chi connectivity index (χ4v) is 2.28. The average Bonchev–Trinajstić information content (AvgIpc) is 2.96. The van der Waals surface area contributed by atoms with Crippen molar-refractivity contribution >= 4 is 28.4 Å². The minimum atomic E-state index is 0.00607. The van der Waals surface area contributed by atoms with Crippen LogP contribution in [0, 0.1) is 5.92 Å². The zero-order valence-corrected chi connectivity index (χ0v) is 12.4. The number of nitrogens with one attached hydrogen (secondary N) is 2. The highest BCUT2D eigenvalue weighted by Gasteiger charge is 2.07. The first-order valence-electron chi connectivity index (χ1n) is 6.39. The number of anilines is 1. The smallest absolute Gasteiger partial charge is 0.212 e. The van der Waals surface area contributed by atoms with Crippen molar-refractivity contribution in [3.63, 3.8) is 0 Å². The van der Waals surface area contributed by atoms with E-state index in [1.54, 1.807) is 6.20 Å². The highest BCUT2D eigenvalue weighted by atomic mass is 32.1. The van der Waals surface area contributed by atoms with E-state index in [-0.39, 0.29) is 5.96 Å². The van der Waals surface area contributed by atoms with E-state index in [0.29, 0.717) is 11.0 Å². The molecule has 0 aromatic carbocycles. The molecule has 8 heteroatoms. The molecule has 0 bridgehead atoms. The van der Waals surface area contributed by atoms with Gasteiger partial charge in [-0.05, 0) is 12.3 Å². The summed E-state index contributed by atoms with van der Waals surface area (Å²) in [6.45, 7) is 5.27. The maximum atomic E-state index is 5.32. The normalized spacial score (nSPS) is 10.8. The lowest BCUT2D eigenvalue weighted by Gasteiger charge is -2.04. The van der Waals surface area contributed by atoms with E-state index in [2.05, 4.69) is 39.1 Å². The first kappa shape index (κ1) is 14.3. The van der Waals surface area contributed by atoms with Crippen molar-refractivity contribution in [2.24, 2.45) is 22.4 Å². The number of aromatic amines is 1. The monoisotopic (exact) mass is 293 g/mol. The maximum absolute atomic E-state index is 5.32. The second kappa shape index (κ2) is 6.38. The van der Waals surface area contributed by atoms with Crippen LogP contribution in [0.15, 0.2) is 16.6 Å². The largest absolute Gasteiger partial charge is 0.370 e. The quantitative estimate of drug-likeness (QED) is 0.479. The SMILES string of the molecule is CC(C)CCNc1ncc(-c2csc(N=C(N)N)n2)[nH]1. The van der Waals surface area contributed by atoms with Gasteiger partial charge in [0.2, 0.25) is 11.1 Å². The van der Waals surface area contributed by atoms with Gasteiger partial charge in [-0.1, -0.05) is 13.8 Å². The zero-order valence-electron chi connectivity index (χ0n) is 11.6. The number of aliphatic imine (C=N–C) groups is 1. The molecule has 0 saturated heterocycles. The number of thiazole rings is 1. The van der Waals surface area contributed by atoms with Crippen LogP contribution in [0.25, 0.3) is 11.4 Å². The number of hydrogen-bond donors (Lipinski definition) is 4. The van der Waals surface area contributed by atoms with Crippen molar-refractivity contribution in [2.45, 2.75) is 20.3 Å². The number of hydrogen-bond acceptors (Lipinski definition) is 5. The minimum absolute atomic E-state index is 0.00607. The molecule has 7 nitrogen and oxygen atoms in total. The molecule has 6 N–H and O–H groups in total. The number of rotatable bonds is 6. The van der Waals surface area contributed by atoms with Gasteiger partial charge in [-0.15, -0.1) is 11.3 Å². The third kappa shape index (κ3) is 3.95. The third-order valence-corrected chi connectivity index (χ3v) is 3.32. The van der Waals surface area contributed by atoms with Crippen LogP contribution in [0.1, 0.15) is 20.3 Å². The molecule has 20 heavy (non-hydrogen) atoms. The van der Waals surface area contributed by atoms with Crippen LogP contribution in [-0.4, -0.2) is 27.5 Å². The topological polar surface area (TPSA) is 118 Å². The van der Waals surface area contributed by atoms with Gasteiger partial charge in [0.1, 0.15) is 5.69 Å². The summed E-state index contributed by atoms with van der Waals surface area (Å²) >= 11 is 1.38. The first-order valence-corrected chi connectivity index (χ1v) is 7.27. The molecule has 0 amide bonds. The van der Waals surface area contributed by atoms with Crippen molar-refractivity contribution in [3.05, 3.63) is 11.6 Å². The highest BCUT2D eigenvalue weighted by Crippen LogP contribution is 2.25. The Morgan fingerprint density at radius 3 is 3.00 bits per heavy atom. The summed E-state index contributed by atoms with van der Waals surface area (Å²) in [5.41, 5.74) is 12.3. The van der Waals surface area contributed by atoms with Crippen LogP contribution in [0.2, 0.25) is 0 Å². The molecule has 108 valence electrons. The van der Waals surface area contributed by atoms with Gasteiger partial charge in [0.25, 0.3) is 0 Å². The Bertz CT molecular complexity index is 580. The van der Waals surface area contributed by atoms with Crippen LogP contribution in [0.4, 0.5) is 11.1 Å². The number of nitrogens with two attached hydrogens (primary N) is 2. The molecule has 2 rings (SSSR count). The van der Waals surface area contributed by atoms with E-state index in [1.807, 2.05) is 5.38 Å². The zero-order chi connectivity index (χ0) is 14.5. The van der Waals surface area contributed by atoms with Gasteiger partial charge in [-0.3, -0.25) is 0 Å². The molecule has 0 aliphatic carbocycles. The van der Waals surface area contributed by atoms with Crippen molar-refractivity contribution < 1.29 is 0 Å². The van der Waals surface area contributed by atoms with Gasteiger partial charge in [0.05, 0.1) is 11.9 Å². The number of guanidine groups is 1. The van der Waals surface area contributed by atoms with Gasteiger partial charge in [0.15, 0.2) is 5.96 Å². The van der Waals surface area contributed by atoms with Crippen molar-refractivity contribution in [1.29, 1.82) is 0 Å². The van der Waals surface area contributed by atoms with E-state index in [1.165, 1.54) is 11.3 Å². The van der Waals surface area contributed by atoms with Crippen LogP contribution in [0.3, 0.4) is 0 Å². The van der Waals surface area contributed by atoms with Crippen molar-refractivity contribution in [2.75, 3.05) is 11.9 Å². The number of aromatic nitrogens is 3. The van der Waals surface area contributed by atoms with E-state index in [4.69, 9.17) is 11.5 Å². The van der Waals surface area contributed by atoms with Gasteiger partial charge in [-0.25, -0.2) is 9.97 Å². The fraction of sp³-hybridized carbons (Fsp3) is 0.417. The van der Waals surface area contributed by atoms with Crippen LogP contribution in [0.5, 0.6) is 0 Å². The second-order valence-corrected chi connectivity index (χ2v) is 5.64. The Morgan fingerprint density at radius 1 is 1.50 bits per heavy atom. The summed E-state index contributed by atoms with van der Waals surface area (Å²) in [6.07, 6.45) is 2.84. The highest BCUT2D eigenvalue weighted by molar-refractivity contribution is 7.13. The standard InChI is InChI=1S/C12H19N7S/c1-7(2)3-4-15-11-16-5-8(17-11)9-6-20-12(18-9)19-10(13)14/h5-7H,3-4H2,1-2H3,(H2,15,16,17)(H4,13,14,18,19). The van der Waals surface area contributed by atoms with E-state index in [0.717, 1.165) is 30.3 Å². The molecule has 2 aromatic heterocycles. The second-order valence-electron chi connectivity index (χ2n) is 4.81. The third-order valence-electron chi connectivity index (χ3n) is 2.58. The Labute approximate surface area is 121 Å². The number of nitrogens with zero attached hydrogens (tertiary/aromatic N) is 3. The molecule has 0 saturated carbocycles. The molecule has 0 fully saturated rings. The molecular weight excluding hydrogens is 274 g/mol. The maximum Gasteiger partial charge on any atom is 0.212 e. The number of imidazole rings is 1. The Kier molecular flexibility index (Phi) is 4.57. The first-order chi connectivity index (χ1) is 9.54. The summed E-state index contributed by atoms with van der Waals surface area (Å²) in [5, 5.41) is 5.66. The van der Waals surface area contributed by atoms with E-state index < -0.39 is 0 Å². The molecule has 2 aromatic rings. The summed E-state index contributed by atoms with van der Waals surface area (Å²) in [6, 6.07) is 0. The fourth-order valence-electron chi connectivity index (χ4n) is 1.57. The molecule has 0 spiro atoms. The predicted molar refractivity (Wildman–Crippen MR) is 83.1 cm³/mol. The lowest BCUT2D eigenvalue weighted by Crippen LogP contribution is -2.21. The lowest BCUT2D eigenvalue weighted by molar-refractivity contribution is 0.606. The molecule has 0 atom stereocenters. The van der Waals surface area contributed by atoms with Crippen molar-refractivity contribution in [1.82, 2.24) is 15.0 Å². The van der Waals surface area contributed by atoms with Crippen LogP contribution < -0.4 is 16.8 Å². The van der Waals surface area contributed by atoms with E-state index >= 15 is 0 Å². The minimum Gasteiger partial charge on any atom is -0.370 e. The summed E-state index contributed by atoms with van der Waals surface area (Å²) in [5.74, 6) is 1.42. The van der Waals surface area contributed by atoms with Crippen LogP contribution in [-0.2, 0) is 0 Å². The predicted octanol–water partition coefficient (Wildman–Crippen LogP) is 1.90. The molecule has 0 unspecified atom stereocenters. The number of H-pyrrole nitrogens is 1. The van der Waals surface area contributed by atoms with Gasteiger partial charge >= 0.3 is 0 Å². The summed E-state index contributed by atoms with van der Waals surface area (Å²) < 4.78 is 0. The Hall–Kier alpha value is -2.09. The summed E-state index contributed by atoms with van der Waals surface area (Å²) in [4.78, 5) is 15.7. The molecule has 0 radical (unpaired) electrons. The van der Waals surface area contributed by atoms with Gasteiger partial charge in [0, 0.05) is 11.9 Å². The Balaban J connectivity index is 2.01. The van der Waals surface area contributed by atoms with Crippen LogP contribution >= 0.6 is 11.3 Å². The lowest BCUT2D eigenvalue weighted by atomic mass is 10.1. The summed E-state index contributed by atoms with van der Waals surface area (Å²) in [7, 11) is 0.